The summed E-state index contributed by atoms with van der Waals surface area (Å²) >= 11 is 3.46. The van der Waals surface area contributed by atoms with Gasteiger partial charge in [-0.25, -0.2) is 9.97 Å². The monoisotopic (exact) mass is 278 g/mol. The molecule has 1 aromatic carbocycles. The molecule has 2 rings (SSSR count). The first-order valence-corrected chi connectivity index (χ1v) is 5.56. The molecule has 82 valence electrons. The molecule has 0 saturated carbocycles. The van der Waals surface area contributed by atoms with Gasteiger partial charge in [0.05, 0.1) is 5.69 Å². The molecule has 5 heteroatoms. The lowest BCUT2D eigenvalue weighted by Crippen LogP contribution is -2.02. The van der Waals surface area contributed by atoms with E-state index in [1.807, 2.05) is 31.2 Å². The number of hydrogen-bond donors (Lipinski definition) is 2. The number of anilines is 3. The van der Waals surface area contributed by atoms with Gasteiger partial charge in [0.2, 0.25) is 0 Å². The summed E-state index contributed by atoms with van der Waals surface area (Å²) in [5.74, 6) is 1.21. The van der Waals surface area contributed by atoms with Gasteiger partial charge in [0.25, 0.3) is 0 Å². The Morgan fingerprint density at radius 3 is 2.75 bits per heavy atom. The Hall–Kier alpha value is -1.62. The molecule has 4 nitrogen and oxygen atoms in total. The van der Waals surface area contributed by atoms with E-state index in [0.29, 0.717) is 5.82 Å². The molecule has 0 unspecified atom stereocenters. The number of nitrogens with one attached hydrogen (secondary N) is 1. The average Bonchev–Trinajstić information content (AvgIpc) is 2.28. The summed E-state index contributed by atoms with van der Waals surface area (Å²) in [7, 11) is 0. The molecular weight excluding hydrogens is 268 g/mol. The van der Waals surface area contributed by atoms with Gasteiger partial charge in [0.15, 0.2) is 0 Å². The van der Waals surface area contributed by atoms with Crippen LogP contribution in [0.15, 0.2) is 35.1 Å². The Labute approximate surface area is 102 Å². The summed E-state index contributed by atoms with van der Waals surface area (Å²) in [6.45, 7) is 1.88. The Balaban J connectivity index is 2.35. The molecule has 16 heavy (non-hydrogen) atoms. The van der Waals surface area contributed by atoms with Crippen LogP contribution in [0.1, 0.15) is 5.56 Å². The lowest BCUT2D eigenvalue weighted by molar-refractivity contribution is 1.14. The van der Waals surface area contributed by atoms with E-state index in [0.717, 1.165) is 21.5 Å². The van der Waals surface area contributed by atoms with Crippen molar-refractivity contribution in [3.8, 4) is 0 Å². The number of hydrogen-bond acceptors (Lipinski definition) is 4. The van der Waals surface area contributed by atoms with Crippen molar-refractivity contribution in [2.45, 2.75) is 6.92 Å². The number of nitrogens with zero attached hydrogens (tertiary/aromatic N) is 2. The van der Waals surface area contributed by atoms with E-state index in [1.54, 1.807) is 0 Å². The molecule has 0 aliphatic heterocycles. The molecule has 3 N–H and O–H groups in total. The number of nitrogen functional groups attached to an aromatic ring is 1. The molecule has 0 radical (unpaired) electrons. The molecule has 0 saturated heterocycles. The summed E-state index contributed by atoms with van der Waals surface area (Å²) in [5.41, 5.74) is 7.50. The van der Waals surface area contributed by atoms with Gasteiger partial charge in [-0.3, -0.25) is 0 Å². The number of aromatic nitrogens is 2. The van der Waals surface area contributed by atoms with Gasteiger partial charge in [-0.05, 0) is 35.0 Å². The van der Waals surface area contributed by atoms with E-state index in [9.17, 15) is 0 Å². The van der Waals surface area contributed by atoms with Gasteiger partial charge in [-0.1, -0.05) is 12.1 Å². The fourth-order valence-corrected chi connectivity index (χ4v) is 1.66. The first kappa shape index (κ1) is 10.9. The van der Waals surface area contributed by atoms with Crippen molar-refractivity contribution in [3.05, 3.63) is 40.6 Å². The third kappa shape index (κ3) is 2.14. The van der Waals surface area contributed by atoms with Gasteiger partial charge in [0.1, 0.15) is 18.0 Å². The fraction of sp³-hybridized carbons (Fsp3) is 0.0909. The van der Waals surface area contributed by atoms with Crippen LogP contribution in [-0.4, -0.2) is 9.97 Å². The van der Waals surface area contributed by atoms with E-state index >= 15 is 0 Å². The van der Waals surface area contributed by atoms with Crippen molar-refractivity contribution in [1.82, 2.24) is 9.97 Å². The molecule has 0 spiro atoms. The number of rotatable bonds is 2. The molecular formula is C11H11BrN4. The zero-order valence-electron chi connectivity index (χ0n) is 8.74. The highest BCUT2D eigenvalue weighted by Crippen LogP contribution is 2.26. The number of para-hydroxylation sites is 1. The standard InChI is InChI=1S/C11H11BrN4/c1-7-10(13)14-6-15-11(7)16-9-5-3-2-4-8(9)12/h2-6H,1H3,(H3,13,14,15,16). The van der Waals surface area contributed by atoms with Crippen molar-refractivity contribution in [2.24, 2.45) is 0 Å². The maximum Gasteiger partial charge on any atom is 0.138 e. The van der Waals surface area contributed by atoms with Gasteiger partial charge in [-0.2, -0.15) is 0 Å². The van der Waals surface area contributed by atoms with E-state index < -0.39 is 0 Å². The molecule has 0 aliphatic rings. The van der Waals surface area contributed by atoms with Crippen LogP contribution in [0.25, 0.3) is 0 Å². The van der Waals surface area contributed by atoms with E-state index in [1.165, 1.54) is 6.33 Å². The second-order valence-corrected chi connectivity index (χ2v) is 4.19. The van der Waals surface area contributed by atoms with Gasteiger partial charge in [-0.15, -0.1) is 0 Å². The lowest BCUT2D eigenvalue weighted by atomic mass is 10.3. The molecule has 2 aromatic rings. The molecule has 1 heterocycles. The average molecular weight is 279 g/mol. The predicted molar refractivity (Wildman–Crippen MR) is 68.6 cm³/mol. The maximum atomic E-state index is 5.71. The summed E-state index contributed by atoms with van der Waals surface area (Å²) < 4.78 is 0.978. The van der Waals surface area contributed by atoms with Crippen LogP contribution >= 0.6 is 15.9 Å². The maximum absolute atomic E-state index is 5.71. The van der Waals surface area contributed by atoms with Crippen molar-refractivity contribution < 1.29 is 0 Å². The minimum Gasteiger partial charge on any atom is -0.383 e. The lowest BCUT2D eigenvalue weighted by Gasteiger charge is -2.10. The van der Waals surface area contributed by atoms with E-state index in [2.05, 4.69) is 31.2 Å². The largest absolute Gasteiger partial charge is 0.383 e. The molecule has 0 bridgehead atoms. The minimum atomic E-state index is 0.490. The molecule has 0 fully saturated rings. The van der Waals surface area contributed by atoms with Crippen LogP contribution in [0.3, 0.4) is 0 Å². The quantitative estimate of drug-likeness (QED) is 0.887. The smallest absolute Gasteiger partial charge is 0.138 e. The van der Waals surface area contributed by atoms with Crippen molar-refractivity contribution in [3.63, 3.8) is 0 Å². The predicted octanol–water partition coefficient (Wildman–Crippen LogP) is 2.87. The Morgan fingerprint density at radius 2 is 2.00 bits per heavy atom. The van der Waals surface area contributed by atoms with Gasteiger partial charge >= 0.3 is 0 Å². The van der Waals surface area contributed by atoms with Crippen LogP contribution in [-0.2, 0) is 0 Å². The third-order valence-electron chi connectivity index (χ3n) is 2.25. The highest BCUT2D eigenvalue weighted by molar-refractivity contribution is 9.10. The van der Waals surface area contributed by atoms with Crippen molar-refractivity contribution in [2.75, 3.05) is 11.1 Å². The third-order valence-corrected chi connectivity index (χ3v) is 2.94. The second-order valence-electron chi connectivity index (χ2n) is 3.34. The zero-order valence-corrected chi connectivity index (χ0v) is 10.3. The fourth-order valence-electron chi connectivity index (χ4n) is 1.28. The van der Waals surface area contributed by atoms with Crippen LogP contribution < -0.4 is 11.1 Å². The molecule has 1 aromatic heterocycles. The number of benzene rings is 1. The molecule has 0 amide bonds. The molecule has 0 aliphatic carbocycles. The number of halogens is 1. The second kappa shape index (κ2) is 4.49. The summed E-state index contributed by atoms with van der Waals surface area (Å²) in [4.78, 5) is 8.07. The van der Waals surface area contributed by atoms with Crippen molar-refractivity contribution >= 4 is 33.3 Å². The van der Waals surface area contributed by atoms with Gasteiger partial charge in [0, 0.05) is 10.0 Å². The van der Waals surface area contributed by atoms with Crippen LogP contribution in [0.5, 0.6) is 0 Å². The topological polar surface area (TPSA) is 63.8 Å². The highest BCUT2D eigenvalue weighted by atomic mass is 79.9. The minimum absolute atomic E-state index is 0.490. The van der Waals surface area contributed by atoms with Crippen LogP contribution in [0.2, 0.25) is 0 Å². The first-order valence-electron chi connectivity index (χ1n) is 4.77. The zero-order chi connectivity index (χ0) is 11.5. The molecule has 0 atom stereocenters. The number of nitrogens with two attached hydrogens (primary N) is 1. The van der Waals surface area contributed by atoms with Crippen molar-refractivity contribution in [1.29, 1.82) is 0 Å². The summed E-state index contributed by atoms with van der Waals surface area (Å²) in [6, 6.07) is 7.83. The Kier molecular flexibility index (Phi) is 3.05. The van der Waals surface area contributed by atoms with Gasteiger partial charge < -0.3 is 11.1 Å². The van der Waals surface area contributed by atoms with E-state index in [-0.39, 0.29) is 0 Å². The van der Waals surface area contributed by atoms with Crippen LogP contribution in [0.4, 0.5) is 17.3 Å². The first-order chi connectivity index (χ1) is 7.68. The Bertz CT molecular complexity index is 513. The van der Waals surface area contributed by atoms with E-state index in [4.69, 9.17) is 5.73 Å². The highest BCUT2D eigenvalue weighted by Gasteiger charge is 2.05. The van der Waals surface area contributed by atoms with Crippen LogP contribution in [0, 0.1) is 6.92 Å². The normalized spacial score (nSPS) is 10.1. The SMILES string of the molecule is Cc1c(N)ncnc1Nc1ccccc1Br. The Morgan fingerprint density at radius 1 is 1.25 bits per heavy atom. The summed E-state index contributed by atoms with van der Waals surface area (Å²) in [6.07, 6.45) is 1.45. The summed E-state index contributed by atoms with van der Waals surface area (Å²) in [5, 5.41) is 3.20.